The number of ether oxygens (including phenoxy) is 1. The van der Waals surface area contributed by atoms with E-state index in [-0.39, 0.29) is 12.2 Å². The Labute approximate surface area is 99.0 Å². The molecule has 0 aliphatic heterocycles. The number of hydrogen-bond donors (Lipinski definition) is 0. The summed E-state index contributed by atoms with van der Waals surface area (Å²) in [4.78, 5) is 0.454. The van der Waals surface area contributed by atoms with Crippen LogP contribution in [-0.2, 0) is 0 Å². The molecule has 0 heterocycles. The molecule has 0 bridgehead atoms. The summed E-state index contributed by atoms with van der Waals surface area (Å²) in [5.41, 5.74) is 0.145. The predicted molar refractivity (Wildman–Crippen MR) is 61.3 cm³/mol. The standard InChI is InChI=1S/C12H16F3NO/c1-3-4-9-16(12(13,14)15)10-5-7-11(17-2)8-6-10/h5-8H,3-4,9H2,1-2H3. The van der Waals surface area contributed by atoms with Gasteiger partial charge in [0.05, 0.1) is 7.11 Å². The number of rotatable bonds is 5. The molecule has 0 aromatic heterocycles. The van der Waals surface area contributed by atoms with Crippen LogP contribution in [0.2, 0.25) is 0 Å². The molecular formula is C12H16F3NO. The van der Waals surface area contributed by atoms with Crippen molar-refractivity contribution >= 4 is 5.69 Å². The minimum atomic E-state index is -4.34. The van der Waals surface area contributed by atoms with Gasteiger partial charge in [-0.05, 0) is 30.7 Å². The Hall–Kier alpha value is -1.39. The number of anilines is 1. The van der Waals surface area contributed by atoms with Gasteiger partial charge < -0.3 is 4.74 Å². The van der Waals surface area contributed by atoms with Gasteiger partial charge >= 0.3 is 6.30 Å². The Bertz CT molecular complexity index is 335. The van der Waals surface area contributed by atoms with Gasteiger partial charge in [-0.2, -0.15) is 13.2 Å². The van der Waals surface area contributed by atoms with Gasteiger partial charge in [0, 0.05) is 12.2 Å². The molecule has 1 aromatic rings. The van der Waals surface area contributed by atoms with Gasteiger partial charge in [0.2, 0.25) is 0 Å². The highest BCUT2D eigenvalue weighted by Gasteiger charge is 2.36. The van der Waals surface area contributed by atoms with Gasteiger partial charge in [-0.25, -0.2) is 0 Å². The zero-order valence-electron chi connectivity index (χ0n) is 9.92. The van der Waals surface area contributed by atoms with Crippen molar-refractivity contribution in [1.29, 1.82) is 0 Å². The zero-order valence-corrected chi connectivity index (χ0v) is 9.92. The number of unbranched alkanes of at least 4 members (excludes halogenated alkanes) is 1. The van der Waals surface area contributed by atoms with E-state index in [0.717, 1.165) is 6.42 Å². The highest BCUT2D eigenvalue weighted by atomic mass is 19.4. The van der Waals surface area contributed by atoms with Crippen molar-refractivity contribution in [2.45, 2.75) is 26.1 Å². The zero-order chi connectivity index (χ0) is 12.9. The van der Waals surface area contributed by atoms with Crippen molar-refractivity contribution < 1.29 is 17.9 Å². The van der Waals surface area contributed by atoms with E-state index < -0.39 is 6.30 Å². The Morgan fingerprint density at radius 3 is 2.18 bits per heavy atom. The number of alkyl halides is 3. The first-order valence-corrected chi connectivity index (χ1v) is 5.47. The van der Waals surface area contributed by atoms with Gasteiger partial charge in [0.15, 0.2) is 0 Å². The Kier molecular flexibility index (Phi) is 4.66. The van der Waals surface area contributed by atoms with Crippen LogP contribution in [0.1, 0.15) is 19.8 Å². The molecule has 0 unspecified atom stereocenters. The van der Waals surface area contributed by atoms with Crippen LogP contribution in [0.4, 0.5) is 18.9 Å². The van der Waals surface area contributed by atoms with Crippen LogP contribution in [0, 0.1) is 0 Å². The summed E-state index contributed by atoms with van der Waals surface area (Å²) < 4.78 is 43.3. The first kappa shape index (κ1) is 13.7. The third-order valence-electron chi connectivity index (χ3n) is 2.43. The maximum Gasteiger partial charge on any atom is 0.484 e. The molecule has 2 nitrogen and oxygen atoms in total. The summed E-state index contributed by atoms with van der Waals surface area (Å²) in [5, 5.41) is 0. The van der Waals surface area contributed by atoms with E-state index in [0.29, 0.717) is 17.1 Å². The summed E-state index contributed by atoms with van der Waals surface area (Å²) in [6.07, 6.45) is -3.11. The van der Waals surface area contributed by atoms with Gasteiger partial charge in [0.25, 0.3) is 0 Å². The minimum absolute atomic E-state index is 0.0215. The number of nitrogens with zero attached hydrogens (tertiary/aromatic N) is 1. The molecule has 0 radical (unpaired) electrons. The Balaban J connectivity index is 2.88. The molecule has 17 heavy (non-hydrogen) atoms. The fraction of sp³-hybridized carbons (Fsp3) is 0.500. The number of hydrogen-bond acceptors (Lipinski definition) is 2. The molecular weight excluding hydrogens is 231 g/mol. The second kappa shape index (κ2) is 5.80. The smallest absolute Gasteiger partial charge is 0.484 e. The van der Waals surface area contributed by atoms with Gasteiger partial charge in [-0.1, -0.05) is 13.3 Å². The lowest BCUT2D eigenvalue weighted by Gasteiger charge is -2.27. The number of benzene rings is 1. The third kappa shape index (κ3) is 3.84. The quantitative estimate of drug-likeness (QED) is 0.733. The van der Waals surface area contributed by atoms with Crippen LogP contribution in [-0.4, -0.2) is 20.0 Å². The minimum Gasteiger partial charge on any atom is -0.497 e. The lowest BCUT2D eigenvalue weighted by molar-refractivity contribution is -0.129. The topological polar surface area (TPSA) is 12.5 Å². The predicted octanol–water partition coefficient (Wildman–Crippen LogP) is 3.82. The molecule has 96 valence electrons. The van der Waals surface area contributed by atoms with Crippen molar-refractivity contribution in [3.8, 4) is 5.75 Å². The maximum atomic E-state index is 12.8. The van der Waals surface area contributed by atoms with Crippen molar-refractivity contribution in [2.24, 2.45) is 0 Å². The van der Waals surface area contributed by atoms with Crippen LogP contribution in [0.25, 0.3) is 0 Å². The second-order valence-electron chi connectivity index (χ2n) is 3.67. The van der Waals surface area contributed by atoms with E-state index in [1.54, 1.807) is 0 Å². The van der Waals surface area contributed by atoms with E-state index in [9.17, 15) is 13.2 Å². The van der Waals surface area contributed by atoms with E-state index in [2.05, 4.69) is 0 Å². The van der Waals surface area contributed by atoms with Gasteiger partial charge in [-0.3, -0.25) is 4.90 Å². The van der Waals surface area contributed by atoms with Crippen molar-refractivity contribution in [3.63, 3.8) is 0 Å². The number of methoxy groups -OCH3 is 1. The summed E-state index contributed by atoms with van der Waals surface area (Å²) in [6.45, 7) is 1.84. The van der Waals surface area contributed by atoms with E-state index in [1.165, 1.54) is 31.4 Å². The highest BCUT2D eigenvalue weighted by molar-refractivity contribution is 5.49. The molecule has 0 saturated heterocycles. The second-order valence-corrected chi connectivity index (χ2v) is 3.67. The highest BCUT2D eigenvalue weighted by Crippen LogP contribution is 2.29. The lowest BCUT2D eigenvalue weighted by Crippen LogP contribution is -2.38. The van der Waals surface area contributed by atoms with E-state index >= 15 is 0 Å². The monoisotopic (exact) mass is 247 g/mol. The van der Waals surface area contributed by atoms with E-state index in [1.807, 2.05) is 6.92 Å². The van der Waals surface area contributed by atoms with E-state index in [4.69, 9.17) is 4.74 Å². The normalized spacial score (nSPS) is 11.4. The molecule has 0 amide bonds. The Morgan fingerprint density at radius 1 is 1.18 bits per heavy atom. The average molecular weight is 247 g/mol. The number of halogens is 3. The summed E-state index contributed by atoms with van der Waals surface area (Å²) >= 11 is 0. The van der Waals surface area contributed by atoms with Crippen molar-refractivity contribution in [2.75, 3.05) is 18.6 Å². The molecule has 0 aliphatic rings. The van der Waals surface area contributed by atoms with Crippen LogP contribution < -0.4 is 9.64 Å². The van der Waals surface area contributed by atoms with Crippen molar-refractivity contribution in [3.05, 3.63) is 24.3 Å². The molecule has 0 aliphatic carbocycles. The largest absolute Gasteiger partial charge is 0.497 e. The molecule has 1 aromatic carbocycles. The van der Waals surface area contributed by atoms with Gasteiger partial charge in [0.1, 0.15) is 5.75 Å². The Morgan fingerprint density at radius 2 is 1.76 bits per heavy atom. The fourth-order valence-electron chi connectivity index (χ4n) is 1.48. The molecule has 0 atom stereocenters. The summed E-state index contributed by atoms with van der Waals surface area (Å²) in [5.74, 6) is 0.548. The first-order valence-electron chi connectivity index (χ1n) is 5.47. The molecule has 0 saturated carbocycles. The molecule has 1 rings (SSSR count). The van der Waals surface area contributed by atoms with Gasteiger partial charge in [-0.15, -0.1) is 0 Å². The average Bonchev–Trinajstić information content (AvgIpc) is 2.29. The van der Waals surface area contributed by atoms with Crippen LogP contribution in [0.5, 0.6) is 5.75 Å². The first-order chi connectivity index (χ1) is 7.99. The summed E-state index contributed by atoms with van der Waals surface area (Å²) in [6, 6.07) is 5.89. The lowest BCUT2D eigenvalue weighted by atomic mass is 10.2. The van der Waals surface area contributed by atoms with Crippen LogP contribution in [0.15, 0.2) is 24.3 Å². The molecule has 0 N–H and O–H groups in total. The third-order valence-corrected chi connectivity index (χ3v) is 2.43. The SMILES string of the molecule is CCCCN(c1ccc(OC)cc1)C(F)(F)F. The molecule has 5 heteroatoms. The van der Waals surface area contributed by atoms with Crippen molar-refractivity contribution in [1.82, 2.24) is 0 Å². The fourth-order valence-corrected chi connectivity index (χ4v) is 1.48. The molecule has 0 spiro atoms. The maximum absolute atomic E-state index is 12.8. The van der Waals surface area contributed by atoms with Crippen LogP contribution in [0.3, 0.4) is 0 Å². The van der Waals surface area contributed by atoms with Crippen LogP contribution >= 0.6 is 0 Å². The summed E-state index contributed by atoms with van der Waals surface area (Å²) in [7, 11) is 1.48. The molecule has 0 fully saturated rings.